The Kier molecular flexibility index (Phi) is 2.38. The monoisotopic (exact) mass is 239 g/mol. The molecule has 92 valence electrons. The second kappa shape index (κ2) is 3.51. The molecule has 17 heavy (non-hydrogen) atoms. The Morgan fingerprint density at radius 2 is 2.12 bits per heavy atom. The molecule has 0 aromatic carbocycles. The summed E-state index contributed by atoms with van der Waals surface area (Å²) in [6, 6.07) is 1.30. The highest BCUT2D eigenvalue weighted by atomic mass is 16.6. The summed E-state index contributed by atoms with van der Waals surface area (Å²) in [5, 5.41) is 8.84. The smallest absolute Gasteiger partial charge is 0.372 e. The van der Waals surface area contributed by atoms with E-state index in [1.165, 1.54) is 17.9 Å². The molecule has 2 rings (SSSR count). The predicted octanol–water partition coefficient (Wildman–Crippen LogP) is 1.50. The molecule has 0 fully saturated rings. The van der Waals surface area contributed by atoms with E-state index in [-0.39, 0.29) is 17.6 Å². The van der Waals surface area contributed by atoms with Crippen LogP contribution in [0.4, 0.5) is 5.69 Å². The Morgan fingerprint density at radius 1 is 1.47 bits per heavy atom. The maximum Gasteiger partial charge on any atom is 0.372 e. The molecule has 1 N–H and O–H groups in total. The second-order valence-corrected chi connectivity index (χ2v) is 4.56. The fraction of sp³-hybridized carbons (Fsp3) is 0.455. The van der Waals surface area contributed by atoms with Gasteiger partial charge in [-0.25, -0.2) is 4.79 Å². The van der Waals surface area contributed by atoms with E-state index < -0.39 is 11.6 Å². The summed E-state index contributed by atoms with van der Waals surface area (Å²) in [4.78, 5) is 23.8. The number of ether oxygens (including phenoxy) is 1. The van der Waals surface area contributed by atoms with Crippen LogP contribution in [0, 0.1) is 0 Å². The number of anilines is 1. The third-order valence-electron chi connectivity index (χ3n) is 2.47. The molecule has 6 nitrogen and oxygen atoms in total. The van der Waals surface area contributed by atoms with Crippen LogP contribution in [0.1, 0.15) is 31.3 Å². The first-order valence-electron chi connectivity index (χ1n) is 5.14. The Morgan fingerprint density at radius 3 is 2.65 bits per heavy atom. The molecule has 0 aliphatic carbocycles. The zero-order valence-electron chi connectivity index (χ0n) is 9.81. The minimum atomic E-state index is -1.19. The van der Waals surface area contributed by atoms with Crippen LogP contribution in [-0.2, 0) is 4.79 Å². The maximum absolute atomic E-state index is 11.5. The van der Waals surface area contributed by atoms with E-state index >= 15 is 0 Å². The van der Waals surface area contributed by atoms with Crippen LogP contribution in [-0.4, -0.2) is 29.1 Å². The van der Waals surface area contributed by atoms with Crippen LogP contribution >= 0.6 is 0 Å². The minimum absolute atomic E-state index is 0.0776. The van der Waals surface area contributed by atoms with Crippen molar-refractivity contribution >= 4 is 17.6 Å². The molecule has 0 radical (unpaired) electrons. The average molecular weight is 239 g/mol. The summed E-state index contributed by atoms with van der Waals surface area (Å²) in [6.45, 7) is 5.37. The molecule has 1 aliphatic heterocycles. The van der Waals surface area contributed by atoms with Crippen molar-refractivity contribution in [1.29, 1.82) is 0 Å². The molecule has 0 saturated heterocycles. The van der Waals surface area contributed by atoms with E-state index in [4.69, 9.17) is 14.3 Å². The molecule has 0 spiro atoms. The fourth-order valence-electron chi connectivity index (χ4n) is 1.76. The lowest BCUT2D eigenvalue weighted by Gasteiger charge is -2.36. The molecule has 0 saturated carbocycles. The first-order valence-corrected chi connectivity index (χ1v) is 5.14. The lowest BCUT2D eigenvalue weighted by Crippen LogP contribution is -2.48. The first-order chi connectivity index (χ1) is 7.80. The van der Waals surface area contributed by atoms with E-state index in [0.29, 0.717) is 12.2 Å². The van der Waals surface area contributed by atoms with E-state index in [0.717, 1.165) is 0 Å². The number of furan rings is 1. The molecule has 1 amide bonds. The van der Waals surface area contributed by atoms with Crippen molar-refractivity contribution in [2.45, 2.75) is 26.4 Å². The van der Waals surface area contributed by atoms with Crippen LogP contribution in [0.15, 0.2) is 10.5 Å². The third-order valence-corrected chi connectivity index (χ3v) is 2.47. The number of amides is 1. The van der Waals surface area contributed by atoms with Crippen LogP contribution in [0.25, 0.3) is 0 Å². The number of nitrogens with zero attached hydrogens (tertiary/aromatic N) is 1. The number of carbonyl (C=O) groups is 2. The van der Waals surface area contributed by atoms with Gasteiger partial charge in [0, 0.05) is 13.0 Å². The fourth-order valence-corrected chi connectivity index (χ4v) is 1.76. The Labute approximate surface area is 97.8 Å². The standard InChI is InChI=1S/C11H13NO5/c1-6(13)12-5-11(2,3)17-10-7(12)4-8(16-10)9(14)15/h4H,5H2,1-3H3,(H,14,15). The lowest BCUT2D eigenvalue weighted by atomic mass is 10.1. The highest BCUT2D eigenvalue weighted by Gasteiger charge is 2.37. The van der Waals surface area contributed by atoms with Crippen molar-refractivity contribution in [3.63, 3.8) is 0 Å². The van der Waals surface area contributed by atoms with Crippen molar-refractivity contribution in [1.82, 2.24) is 0 Å². The number of hydrogen-bond donors (Lipinski definition) is 1. The van der Waals surface area contributed by atoms with Crippen LogP contribution < -0.4 is 9.64 Å². The third kappa shape index (κ3) is 1.98. The second-order valence-electron chi connectivity index (χ2n) is 4.56. The molecule has 1 aliphatic rings. The number of carboxylic acid groups (broad SMARTS) is 1. The molecular weight excluding hydrogens is 226 g/mol. The summed E-state index contributed by atoms with van der Waals surface area (Å²) < 4.78 is 10.6. The Hall–Kier alpha value is -1.98. The number of aromatic carboxylic acids is 1. The van der Waals surface area contributed by atoms with Gasteiger partial charge in [0.05, 0.1) is 6.54 Å². The van der Waals surface area contributed by atoms with E-state index in [9.17, 15) is 9.59 Å². The van der Waals surface area contributed by atoms with Gasteiger partial charge in [0.1, 0.15) is 11.3 Å². The molecule has 2 heterocycles. The first kappa shape index (κ1) is 11.5. The van der Waals surface area contributed by atoms with Gasteiger partial charge in [-0.15, -0.1) is 0 Å². The molecule has 1 aromatic heterocycles. The predicted molar refractivity (Wildman–Crippen MR) is 58.4 cm³/mol. The quantitative estimate of drug-likeness (QED) is 0.803. The number of carboxylic acids is 1. The van der Waals surface area contributed by atoms with Gasteiger partial charge in [-0.1, -0.05) is 0 Å². The van der Waals surface area contributed by atoms with E-state index in [1.807, 2.05) is 0 Å². The van der Waals surface area contributed by atoms with Crippen LogP contribution in [0.2, 0.25) is 0 Å². The summed E-state index contributed by atoms with van der Waals surface area (Å²) in [6.07, 6.45) is 0. The van der Waals surface area contributed by atoms with Gasteiger partial charge in [-0.3, -0.25) is 4.79 Å². The van der Waals surface area contributed by atoms with Crippen molar-refractivity contribution in [3.8, 4) is 5.95 Å². The van der Waals surface area contributed by atoms with Gasteiger partial charge < -0.3 is 19.2 Å². The average Bonchev–Trinajstić information content (AvgIpc) is 2.57. The molecule has 1 aromatic rings. The van der Waals surface area contributed by atoms with Crippen LogP contribution in [0.5, 0.6) is 5.95 Å². The topological polar surface area (TPSA) is 80.0 Å². The Balaban J connectivity index is 2.49. The summed E-state index contributed by atoms with van der Waals surface area (Å²) in [5.41, 5.74) is -0.235. The van der Waals surface area contributed by atoms with Gasteiger partial charge >= 0.3 is 11.9 Å². The molecule has 0 atom stereocenters. The summed E-state index contributed by atoms with van der Waals surface area (Å²) in [5.74, 6) is -1.53. The van der Waals surface area contributed by atoms with Gasteiger partial charge in [0.25, 0.3) is 0 Å². The van der Waals surface area contributed by atoms with Gasteiger partial charge in [0.15, 0.2) is 0 Å². The molecule has 6 heteroatoms. The van der Waals surface area contributed by atoms with Crippen LogP contribution in [0.3, 0.4) is 0 Å². The maximum atomic E-state index is 11.5. The van der Waals surface area contributed by atoms with Gasteiger partial charge in [-0.05, 0) is 13.8 Å². The van der Waals surface area contributed by atoms with Crippen molar-refractivity contribution in [2.24, 2.45) is 0 Å². The number of hydrogen-bond acceptors (Lipinski definition) is 4. The normalized spacial score (nSPS) is 17.2. The highest BCUT2D eigenvalue weighted by Crippen LogP contribution is 2.39. The number of fused-ring (bicyclic) bond motifs is 1. The van der Waals surface area contributed by atoms with Crippen molar-refractivity contribution < 1.29 is 23.8 Å². The highest BCUT2D eigenvalue weighted by molar-refractivity contribution is 5.95. The zero-order valence-corrected chi connectivity index (χ0v) is 9.81. The number of rotatable bonds is 1. The van der Waals surface area contributed by atoms with Gasteiger partial charge in [0.2, 0.25) is 11.7 Å². The van der Waals surface area contributed by atoms with E-state index in [1.54, 1.807) is 13.8 Å². The zero-order chi connectivity index (χ0) is 12.8. The molecule has 0 unspecified atom stereocenters. The summed E-state index contributed by atoms with van der Waals surface area (Å²) in [7, 11) is 0. The largest absolute Gasteiger partial charge is 0.475 e. The van der Waals surface area contributed by atoms with Crippen molar-refractivity contribution in [2.75, 3.05) is 11.4 Å². The Bertz CT molecular complexity index is 488. The minimum Gasteiger partial charge on any atom is -0.475 e. The molecule has 0 bridgehead atoms. The molecular formula is C11H13NO5. The van der Waals surface area contributed by atoms with E-state index in [2.05, 4.69) is 0 Å². The van der Waals surface area contributed by atoms with Crippen molar-refractivity contribution in [3.05, 3.63) is 11.8 Å². The number of carbonyl (C=O) groups excluding carboxylic acids is 1. The SMILES string of the molecule is CC(=O)N1CC(C)(C)Oc2oc(C(=O)O)cc21. The van der Waals surface area contributed by atoms with Gasteiger partial charge in [-0.2, -0.15) is 0 Å². The summed E-state index contributed by atoms with van der Waals surface area (Å²) >= 11 is 0. The lowest BCUT2D eigenvalue weighted by molar-refractivity contribution is -0.117.